The third-order valence-electron chi connectivity index (χ3n) is 4.05. The Balaban J connectivity index is 2.44. The second kappa shape index (κ2) is 6.01. The van der Waals surface area contributed by atoms with Gasteiger partial charge in [-0.05, 0) is 52.7 Å². The van der Waals surface area contributed by atoms with Gasteiger partial charge in [0.15, 0.2) is 0 Å². The summed E-state index contributed by atoms with van der Waals surface area (Å²) in [6, 6.07) is 5.94. The Bertz CT molecular complexity index is 649. The van der Waals surface area contributed by atoms with Crippen LogP contribution in [0.1, 0.15) is 39.2 Å². The minimum absolute atomic E-state index is 0.211. The largest absolute Gasteiger partial charge is 0.465 e. The van der Waals surface area contributed by atoms with Gasteiger partial charge in [-0.15, -0.1) is 0 Å². The highest BCUT2D eigenvalue weighted by Crippen LogP contribution is 2.38. The molecule has 0 bridgehead atoms. The summed E-state index contributed by atoms with van der Waals surface area (Å²) in [5.74, 6) is -0.469. The van der Waals surface area contributed by atoms with E-state index in [1.807, 2.05) is 20.8 Å². The fraction of sp³-hybridized carbons (Fsp3) is 0.562. The molecule has 1 heterocycles. The second-order valence-corrected chi connectivity index (χ2v) is 8.05. The van der Waals surface area contributed by atoms with Gasteiger partial charge in [0.1, 0.15) is 6.04 Å². The number of carbonyl (C=O) groups excluding carboxylic acids is 1. The zero-order valence-electron chi connectivity index (χ0n) is 13.5. The van der Waals surface area contributed by atoms with Crippen molar-refractivity contribution in [1.82, 2.24) is 4.31 Å². The van der Waals surface area contributed by atoms with E-state index in [1.165, 1.54) is 4.31 Å². The number of benzene rings is 1. The van der Waals surface area contributed by atoms with Gasteiger partial charge >= 0.3 is 5.97 Å². The van der Waals surface area contributed by atoms with E-state index >= 15 is 0 Å². The van der Waals surface area contributed by atoms with Crippen LogP contribution < -0.4 is 0 Å². The SMILES string of the molecule is CCOC(=O)[C@H]1CCC(C)(C)N1S(=O)(=O)c1ccc(C)cc1. The van der Waals surface area contributed by atoms with E-state index in [2.05, 4.69) is 0 Å². The van der Waals surface area contributed by atoms with E-state index in [1.54, 1.807) is 31.2 Å². The van der Waals surface area contributed by atoms with Gasteiger partial charge in [0.2, 0.25) is 10.0 Å². The molecule has 0 radical (unpaired) electrons. The first-order chi connectivity index (χ1) is 10.2. The number of nitrogens with zero attached hydrogens (tertiary/aromatic N) is 1. The highest BCUT2D eigenvalue weighted by Gasteiger charge is 2.50. The maximum Gasteiger partial charge on any atom is 0.324 e. The fourth-order valence-corrected chi connectivity index (χ4v) is 4.88. The first kappa shape index (κ1) is 17.0. The van der Waals surface area contributed by atoms with Crippen LogP contribution in [0.3, 0.4) is 0 Å². The molecule has 1 aliphatic rings. The minimum Gasteiger partial charge on any atom is -0.465 e. The lowest BCUT2D eigenvalue weighted by atomic mass is 10.0. The third kappa shape index (κ3) is 3.03. The van der Waals surface area contributed by atoms with Crippen LogP contribution in [-0.4, -0.2) is 36.9 Å². The van der Waals surface area contributed by atoms with Gasteiger partial charge < -0.3 is 4.74 Å². The molecule has 0 unspecified atom stereocenters. The molecular weight excluding hydrogens is 302 g/mol. The number of hydrogen-bond donors (Lipinski definition) is 0. The zero-order valence-corrected chi connectivity index (χ0v) is 14.3. The summed E-state index contributed by atoms with van der Waals surface area (Å²) in [6.45, 7) is 7.55. The van der Waals surface area contributed by atoms with E-state index < -0.39 is 27.6 Å². The van der Waals surface area contributed by atoms with Crippen LogP contribution in [0.25, 0.3) is 0 Å². The molecule has 0 N–H and O–H groups in total. The second-order valence-electron chi connectivity index (χ2n) is 6.23. The molecule has 2 rings (SSSR count). The molecule has 1 atom stereocenters. The smallest absolute Gasteiger partial charge is 0.324 e. The summed E-state index contributed by atoms with van der Waals surface area (Å²) >= 11 is 0. The maximum atomic E-state index is 13.0. The van der Waals surface area contributed by atoms with E-state index in [0.717, 1.165) is 5.56 Å². The van der Waals surface area contributed by atoms with Crippen molar-refractivity contribution in [2.24, 2.45) is 0 Å². The highest BCUT2D eigenvalue weighted by molar-refractivity contribution is 7.89. The molecule has 0 aliphatic carbocycles. The molecule has 1 aromatic rings. The maximum absolute atomic E-state index is 13.0. The number of rotatable bonds is 4. The summed E-state index contributed by atoms with van der Waals surface area (Å²) in [7, 11) is -3.74. The van der Waals surface area contributed by atoms with Gasteiger partial charge in [-0.2, -0.15) is 4.31 Å². The molecule has 22 heavy (non-hydrogen) atoms. The van der Waals surface area contributed by atoms with Crippen molar-refractivity contribution in [2.75, 3.05) is 6.61 Å². The first-order valence-electron chi connectivity index (χ1n) is 7.48. The average Bonchev–Trinajstić information content (AvgIpc) is 2.76. The monoisotopic (exact) mass is 325 g/mol. The number of ether oxygens (including phenoxy) is 1. The first-order valence-corrected chi connectivity index (χ1v) is 8.92. The van der Waals surface area contributed by atoms with Crippen molar-refractivity contribution in [3.63, 3.8) is 0 Å². The van der Waals surface area contributed by atoms with E-state index in [4.69, 9.17) is 4.74 Å². The molecule has 1 aromatic carbocycles. The molecule has 6 heteroatoms. The van der Waals surface area contributed by atoms with Crippen LogP contribution in [0.5, 0.6) is 0 Å². The molecule has 1 fully saturated rings. The lowest BCUT2D eigenvalue weighted by molar-refractivity contribution is -0.147. The summed E-state index contributed by atoms with van der Waals surface area (Å²) in [4.78, 5) is 12.4. The third-order valence-corrected chi connectivity index (χ3v) is 6.18. The topological polar surface area (TPSA) is 63.7 Å². The predicted octanol–water partition coefficient (Wildman–Crippen LogP) is 2.49. The van der Waals surface area contributed by atoms with Crippen molar-refractivity contribution < 1.29 is 17.9 Å². The molecule has 0 spiro atoms. The molecule has 0 amide bonds. The molecule has 1 aliphatic heterocycles. The molecule has 5 nitrogen and oxygen atoms in total. The lowest BCUT2D eigenvalue weighted by Crippen LogP contribution is -2.50. The lowest BCUT2D eigenvalue weighted by Gasteiger charge is -2.33. The van der Waals surface area contributed by atoms with E-state index in [0.29, 0.717) is 12.8 Å². The molecule has 0 aromatic heterocycles. The fourth-order valence-electron chi connectivity index (χ4n) is 2.91. The standard InChI is InChI=1S/C16H23NO4S/c1-5-21-15(18)14-10-11-16(3,4)17(14)22(19,20)13-8-6-12(2)7-9-13/h6-9,14H,5,10-11H2,1-4H3/t14-/m1/s1. The highest BCUT2D eigenvalue weighted by atomic mass is 32.2. The van der Waals surface area contributed by atoms with Crippen LogP contribution in [-0.2, 0) is 19.6 Å². The van der Waals surface area contributed by atoms with Gasteiger partial charge in [0.25, 0.3) is 0 Å². The van der Waals surface area contributed by atoms with Crippen molar-refractivity contribution in [3.8, 4) is 0 Å². The normalized spacial score (nSPS) is 21.7. The molecule has 1 saturated heterocycles. The average molecular weight is 325 g/mol. The summed E-state index contributed by atoms with van der Waals surface area (Å²) in [5.41, 5.74) is 0.378. The van der Waals surface area contributed by atoms with Crippen LogP contribution in [0, 0.1) is 6.92 Å². The Morgan fingerprint density at radius 3 is 2.45 bits per heavy atom. The molecular formula is C16H23NO4S. The van der Waals surface area contributed by atoms with Crippen molar-refractivity contribution in [2.45, 2.75) is 57.0 Å². The Labute approximate surface area is 132 Å². The Kier molecular flexibility index (Phi) is 4.63. The summed E-state index contributed by atoms with van der Waals surface area (Å²) < 4.78 is 32.4. The van der Waals surface area contributed by atoms with Gasteiger partial charge in [0, 0.05) is 5.54 Å². The zero-order chi connectivity index (χ0) is 16.5. The summed E-state index contributed by atoms with van der Waals surface area (Å²) in [6.07, 6.45) is 1.11. The van der Waals surface area contributed by atoms with Crippen molar-refractivity contribution >= 4 is 16.0 Å². The minimum atomic E-state index is -3.74. The van der Waals surface area contributed by atoms with Crippen molar-refractivity contribution in [1.29, 1.82) is 0 Å². The predicted molar refractivity (Wildman–Crippen MR) is 83.9 cm³/mol. The number of esters is 1. The Morgan fingerprint density at radius 2 is 1.91 bits per heavy atom. The molecule has 122 valence electrons. The van der Waals surface area contributed by atoms with Gasteiger partial charge in [-0.25, -0.2) is 8.42 Å². The summed E-state index contributed by atoms with van der Waals surface area (Å²) in [5, 5.41) is 0. The van der Waals surface area contributed by atoms with Crippen molar-refractivity contribution in [3.05, 3.63) is 29.8 Å². The van der Waals surface area contributed by atoms with Gasteiger partial charge in [0.05, 0.1) is 11.5 Å². The van der Waals surface area contributed by atoms with Gasteiger partial charge in [-0.1, -0.05) is 17.7 Å². The Hall–Kier alpha value is -1.40. The van der Waals surface area contributed by atoms with Crippen LogP contribution in [0.4, 0.5) is 0 Å². The number of sulfonamides is 1. The van der Waals surface area contributed by atoms with Crippen LogP contribution in [0.2, 0.25) is 0 Å². The number of hydrogen-bond acceptors (Lipinski definition) is 4. The number of carbonyl (C=O) groups is 1. The van der Waals surface area contributed by atoms with Gasteiger partial charge in [-0.3, -0.25) is 4.79 Å². The van der Waals surface area contributed by atoms with Crippen LogP contribution in [0.15, 0.2) is 29.2 Å². The quantitative estimate of drug-likeness (QED) is 0.798. The van der Waals surface area contributed by atoms with E-state index in [9.17, 15) is 13.2 Å². The van der Waals surface area contributed by atoms with Crippen LogP contribution >= 0.6 is 0 Å². The number of aryl methyl sites for hydroxylation is 1. The van der Waals surface area contributed by atoms with E-state index in [-0.39, 0.29) is 11.5 Å². The Morgan fingerprint density at radius 1 is 1.32 bits per heavy atom. The molecule has 0 saturated carbocycles.